The first-order valence-electron chi connectivity index (χ1n) is 9.70. The van der Waals surface area contributed by atoms with Gasteiger partial charge in [-0.1, -0.05) is 36.4 Å². The number of carbonyl (C=O) groups is 2. The summed E-state index contributed by atoms with van der Waals surface area (Å²) < 4.78 is 0. The summed E-state index contributed by atoms with van der Waals surface area (Å²) in [5, 5.41) is 34.9. The highest BCUT2D eigenvalue weighted by Crippen LogP contribution is 2.02. The van der Waals surface area contributed by atoms with Gasteiger partial charge in [0.25, 0.3) is 0 Å². The molecule has 1 atom stereocenters. The van der Waals surface area contributed by atoms with Gasteiger partial charge in [0.15, 0.2) is 0 Å². The number of carboxylic acid groups (broad SMARTS) is 2. The maximum Gasteiger partial charge on any atom is 0.328 e. The van der Waals surface area contributed by atoms with Crippen LogP contribution in [0.1, 0.15) is 5.56 Å². The number of carboxylic acids is 2. The molecule has 0 aromatic heterocycles. The Bertz CT molecular complexity index is 742. The number of aliphatic hydroxyl groups is 1. The zero-order chi connectivity index (χ0) is 23.1. The number of benzene rings is 1. The van der Waals surface area contributed by atoms with Gasteiger partial charge in [0.05, 0.1) is 12.6 Å². The molecule has 0 spiro atoms. The second kappa shape index (κ2) is 14.9. The third-order valence-electron chi connectivity index (χ3n) is 4.25. The number of piperazine rings is 1. The molecule has 1 aliphatic rings. The molecule has 1 heterocycles. The average molecular weight is 434 g/mol. The SMILES string of the molecule is CN1CCN(CC(O)CN=C(/C=C/c2ccccc2)NO)CC1.O=C(O)/C=C\C(=O)O. The molecule has 10 heteroatoms. The highest BCUT2D eigenvalue weighted by Gasteiger charge is 2.16. The normalized spacial score (nSPS) is 16.7. The van der Waals surface area contributed by atoms with Gasteiger partial charge < -0.3 is 20.2 Å². The number of rotatable bonds is 8. The maximum absolute atomic E-state index is 10.1. The Morgan fingerprint density at radius 1 is 1.06 bits per heavy atom. The number of hydroxylamine groups is 1. The minimum Gasteiger partial charge on any atom is -0.478 e. The van der Waals surface area contributed by atoms with Gasteiger partial charge in [0, 0.05) is 44.9 Å². The predicted octanol–water partition coefficient (Wildman–Crippen LogP) is 0.397. The standard InChI is InChI=1S/C17H26N4O2.C4H4O4/c1-20-9-11-21(12-10-20)14-16(22)13-18-17(19-23)8-7-15-5-3-2-4-6-15;5-3(6)1-2-4(7)8/h2-8,16,22-23H,9-14H2,1H3,(H,18,19);1-2H,(H,5,6)(H,7,8)/b8-7+;2-1-. The average Bonchev–Trinajstić information content (AvgIpc) is 2.75. The largest absolute Gasteiger partial charge is 0.478 e. The molecule has 0 bridgehead atoms. The number of hydrogen-bond acceptors (Lipinski definition) is 7. The van der Waals surface area contributed by atoms with Crippen LogP contribution in [0.5, 0.6) is 0 Å². The van der Waals surface area contributed by atoms with Crippen LogP contribution in [0.4, 0.5) is 0 Å². The monoisotopic (exact) mass is 434 g/mol. The molecule has 0 amide bonds. The Labute approximate surface area is 181 Å². The summed E-state index contributed by atoms with van der Waals surface area (Å²) in [6.07, 6.45) is 4.13. The number of aliphatic carboxylic acids is 2. The summed E-state index contributed by atoms with van der Waals surface area (Å²) in [5.74, 6) is -2.17. The van der Waals surface area contributed by atoms with Crippen molar-refractivity contribution in [1.82, 2.24) is 15.3 Å². The lowest BCUT2D eigenvalue weighted by Crippen LogP contribution is -2.47. The molecule has 170 valence electrons. The Morgan fingerprint density at radius 2 is 1.65 bits per heavy atom. The third-order valence-corrected chi connectivity index (χ3v) is 4.25. The van der Waals surface area contributed by atoms with E-state index in [2.05, 4.69) is 27.3 Å². The van der Waals surface area contributed by atoms with Gasteiger partial charge in [-0.15, -0.1) is 0 Å². The number of nitrogens with one attached hydrogen (secondary N) is 1. The van der Waals surface area contributed by atoms with Gasteiger partial charge in [0.2, 0.25) is 0 Å². The summed E-state index contributed by atoms with van der Waals surface area (Å²) in [5.41, 5.74) is 3.09. The molecule has 1 aromatic carbocycles. The molecule has 31 heavy (non-hydrogen) atoms. The van der Waals surface area contributed by atoms with Crippen molar-refractivity contribution < 1.29 is 30.1 Å². The first-order chi connectivity index (χ1) is 14.8. The number of aliphatic imine (C=N–C) groups is 1. The van der Waals surface area contributed by atoms with E-state index in [-0.39, 0.29) is 6.54 Å². The van der Waals surface area contributed by atoms with E-state index < -0.39 is 18.0 Å². The molecule has 1 fully saturated rings. The Hall–Kier alpha value is -3.05. The van der Waals surface area contributed by atoms with Crippen molar-refractivity contribution in [1.29, 1.82) is 0 Å². The molecule has 1 unspecified atom stereocenters. The van der Waals surface area contributed by atoms with Gasteiger partial charge in [-0.05, 0) is 18.7 Å². The van der Waals surface area contributed by atoms with Crippen molar-refractivity contribution in [2.45, 2.75) is 6.10 Å². The number of nitrogens with zero attached hydrogens (tertiary/aromatic N) is 3. The van der Waals surface area contributed by atoms with E-state index in [9.17, 15) is 14.7 Å². The maximum atomic E-state index is 10.1. The summed E-state index contributed by atoms with van der Waals surface area (Å²) >= 11 is 0. The fraction of sp³-hybridized carbons (Fsp3) is 0.381. The van der Waals surface area contributed by atoms with Crippen LogP contribution >= 0.6 is 0 Å². The molecule has 1 aromatic rings. The van der Waals surface area contributed by atoms with E-state index in [1.807, 2.05) is 36.4 Å². The first kappa shape index (κ1) is 26.0. The predicted molar refractivity (Wildman–Crippen MR) is 117 cm³/mol. The number of amidine groups is 1. The summed E-state index contributed by atoms with van der Waals surface area (Å²) in [4.78, 5) is 27.8. The van der Waals surface area contributed by atoms with Crippen molar-refractivity contribution >= 4 is 23.9 Å². The van der Waals surface area contributed by atoms with Crippen molar-refractivity contribution in [2.75, 3.05) is 46.3 Å². The first-order valence-corrected chi connectivity index (χ1v) is 9.70. The number of likely N-dealkylation sites (N-methyl/N-ethyl adjacent to an activating group) is 1. The van der Waals surface area contributed by atoms with Crippen molar-refractivity contribution in [3.05, 3.63) is 54.1 Å². The quantitative estimate of drug-likeness (QED) is 0.170. The molecule has 0 saturated carbocycles. The molecular formula is C21H30N4O6. The lowest BCUT2D eigenvalue weighted by molar-refractivity contribution is -0.134. The van der Waals surface area contributed by atoms with Gasteiger partial charge in [-0.25, -0.2) is 9.59 Å². The Kier molecular flexibility index (Phi) is 12.5. The highest BCUT2D eigenvalue weighted by atomic mass is 16.5. The minimum atomic E-state index is -1.26. The second-order valence-corrected chi connectivity index (χ2v) is 6.85. The van der Waals surface area contributed by atoms with Crippen molar-refractivity contribution in [2.24, 2.45) is 4.99 Å². The van der Waals surface area contributed by atoms with Crippen molar-refractivity contribution in [3.8, 4) is 0 Å². The summed E-state index contributed by atoms with van der Waals surface area (Å²) in [6, 6.07) is 9.78. The molecule has 5 N–H and O–H groups in total. The van der Waals surface area contributed by atoms with Gasteiger partial charge in [-0.3, -0.25) is 20.6 Å². The van der Waals surface area contributed by atoms with E-state index in [0.717, 1.165) is 31.7 Å². The third kappa shape index (κ3) is 13.0. The van der Waals surface area contributed by atoms with Crippen LogP contribution in [0, 0.1) is 0 Å². The van der Waals surface area contributed by atoms with Gasteiger partial charge >= 0.3 is 11.9 Å². The van der Waals surface area contributed by atoms with Crippen LogP contribution in [-0.2, 0) is 9.59 Å². The summed E-state index contributed by atoms with van der Waals surface area (Å²) in [7, 11) is 2.11. The molecule has 10 nitrogen and oxygen atoms in total. The van der Waals surface area contributed by atoms with E-state index in [4.69, 9.17) is 15.4 Å². The zero-order valence-electron chi connectivity index (χ0n) is 17.5. The molecule has 1 aliphatic heterocycles. The van der Waals surface area contributed by atoms with Gasteiger partial charge in [0.1, 0.15) is 5.84 Å². The number of β-amino-alcohol motifs (C(OH)–C–C–N with tert-alkyl or cyclic N) is 1. The number of hydrogen-bond donors (Lipinski definition) is 5. The van der Waals surface area contributed by atoms with E-state index in [1.54, 1.807) is 6.08 Å². The highest BCUT2D eigenvalue weighted by molar-refractivity contribution is 5.95. The van der Waals surface area contributed by atoms with Crippen LogP contribution in [0.3, 0.4) is 0 Å². The van der Waals surface area contributed by atoms with Crippen LogP contribution in [-0.4, -0.2) is 101 Å². The lowest BCUT2D eigenvalue weighted by Gasteiger charge is -2.33. The topological polar surface area (TPSA) is 146 Å². The molecule has 0 radical (unpaired) electrons. The molecular weight excluding hydrogens is 404 g/mol. The molecule has 1 saturated heterocycles. The molecule has 2 rings (SSSR count). The zero-order valence-corrected chi connectivity index (χ0v) is 17.5. The Morgan fingerprint density at radius 3 is 2.16 bits per heavy atom. The van der Waals surface area contributed by atoms with Crippen LogP contribution in [0.2, 0.25) is 0 Å². The van der Waals surface area contributed by atoms with Crippen LogP contribution < -0.4 is 5.48 Å². The fourth-order valence-corrected chi connectivity index (χ4v) is 2.60. The minimum absolute atomic E-state index is 0.258. The van der Waals surface area contributed by atoms with Crippen molar-refractivity contribution in [3.63, 3.8) is 0 Å². The van der Waals surface area contributed by atoms with E-state index in [1.165, 1.54) is 0 Å². The van der Waals surface area contributed by atoms with Gasteiger partial charge in [-0.2, -0.15) is 0 Å². The smallest absolute Gasteiger partial charge is 0.328 e. The van der Waals surface area contributed by atoms with E-state index >= 15 is 0 Å². The second-order valence-electron chi connectivity index (χ2n) is 6.85. The Balaban J connectivity index is 0.000000512. The fourth-order valence-electron chi connectivity index (χ4n) is 2.60. The number of aliphatic hydroxyl groups excluding tert-OH is 1. The van der Waals surface area contributed by atoms with E-state index in [0.29, 0.717) is 24.5 Å². The van der Waals surface area contributed by atoms with Crippen LogP contribution in [0.25, 0.3) is 6.08 Å². The lowest BCUT2D eigenvalue weighted by atomic mass is 10.2. The van der Waals surface area contributed by atoms with Crippen LogP contribution in [0.15, 0.2) is 53.6 Å². The summed E-state index contributed by atoms with van der Waals surface area (Å²) in [6.45, 7) is 4.86. The molecule has 0 aliphatic carbocycles.